The number of aromatic nitrogens is 3. The molecule has 0 aliphatic carbocycles. The number of aromatic carboxylic acids is 1. The second kappa shape index (κ2) is 8.99. The van der Waals surface area contributed by atoms with Crippen LogP contribution >= 0.6 is 0 Å². The van der Waals surface area contributed by atoms with E-state index in [1.807, 2.05) is 0 Å². The third-order valence-corrected chi connectivity index (χ3v) is 4.53. The van der Waals surface area contributed by atoms with Crippen LogP contribution in [-0.4, -0.2) is 62.1 Å². The first-order chi connectivity index (χ1) is 14.4. The number of benzene rings is 1. The summed E-state index contributed by atoms with van der Waals surface area (Å²) in [6.07, 6.45) is 2.87. The molecule has 2 heterocycles. The molecule has 30 heavy (non-hydrogen) atoms. The second-order valence-electron chi connectivity index (χ2n) is 6.68. The molecule has 0 bridgehead atoms. The number of nitrogens with two attached hydrogens (primary N) is 1. The largest absolute Gasteiger partial charge is 0.478 e. The third-order valence-electron chi connectivity index (χ3n) is 4.53. The SMILES string of the molecule is C=CC(=O)N1CCCC(Nc2nnc(C(N)=O)c(Nc3cccc(C(=O)O)c3)n2)C1. The van der Waals surface area contributed by atoms with E-state index in [-0.39, 0.29) is 35.0 Å². The molecule has 2 amide bonds. The van der Waals surface area contributed by atoms with Crippen LogP contribution < -0.4 is 16.4 Å². The van der Waals surface area contributed by atoms with Gasteiger partial charge in [-0.05, 0) is 37.1 Å². The van der Waals surface area contributed by atoms with Crippen LogP contribution in [0.25, 0.3) is 0 Å². The lowest BCUT2D eigenvalue weighted by molar-refractivity contribution is -0.127. The average Bonchev–Trinajstić information content (AvgIpc) is 2.73. The Bertz CT molecular complexity index is 995. The maximum absolute atomic E-state index is 11.9. The van der Waals surface area contributed by atoms with Gasteiger partial charge in [0, 0.05) is 24.8 Å². The predicted molar refractivity (Wildman–Crippen MR) is 108 cm³/mol. The molecule has 11 heteroatoms. The Labute approximate surface area is 172 Å². The summed E-state index contributed by atoms with van der Waals surface area (Å²) in [6.45, 7) is 4.61. The second-order valence-corrected chi connectivity index (χ2v) is 6.68. The van der Waals surface area contributed by atoms with E-state index in [1.54, 1.807) is 17.0 Å². The van der Waals surface area contributed by atoms with E-state index in [1.165, 1.54) is 18.2 Å². The lowest BCUT2D eigenvalue weighted by Crippen LogP contribution is -2.44. The van der Waals surface area contributed by atoms with Gasteiger partial charge in [0.05, 0.1) is 5.56 Å². The minimum absolute atomic E-state index is 0.0392. The van der Waals surface area contributed by atoms with Crippen molar-refractivity contribution < 1.29 is 19.5 Å². The molecule has 1 unspecified atom stereocenters. The van der Waals surface area contributed by atoms with Crippen LogP contribution in [0, 0.1) is 0 Å². The molecule has 11 nitrogen and oxygen atoms in total. The number of carbonyl (C=O) groups excluding carboxylic acids is 2. The molecule has 2 aromatic rings. The minimum Gasteiger partial charge on any atom is -0.478 e. The van der Waals surface area contributed by atoms with Gasteiger partial charge in [0.1, 0.15) is 0 Å². The van der Waals surface area contributed by atoms with Crippen molar-refractivity contribution in [3.05, 3.63) is 48.2 Å². The van der Waals surface area contributed by atoms with Crippen molar-refractivity contribution in [3.8, 4) is 0 Å². The number of hydrogen-bond acceptors (Lipinski definition) is 8. The van der Waals surface area contributed by atoms with Gasteiger partial charge in [0.25, 0.3) is 5.91 Å². The van der Waals surface area contributed by atoms with Crippen molar-refractivity contribution in [1.29, 1.82) is 0 Å². The van der Waals surface area contributed by atoms with Crippen LogP contribution in [0.2, 0.25) is 0 Å². The number of piperidine rings is 1. The zero-order valence-corrected chi connectivity index (χ0v) is 16.0. The Kier molecular flexibility index (Phi) is 6.20. The van der Waals surface area contributed by atoms with E-state index >= 15 is 0 Å². The molecule has 0 radical (unpaired) electrons. The van der Waals surface area contributed by atoms with Gasteiger partial charge in [0.2, 0.25) is 11.9 Å². The van der Waals surface area contributed by atoms with Crippen molar-refractivity contribution in [1.82, 2.24) is 20.1 Å². The molecule has 3 rings (SSSR count). The van der Waals surface area contributed by atoms with Crippen molar-refractivity contribution >= 4 is 35.2 Å². The first kappa shape index (κ1) is 20.7. The highest BCUT2D eigenvalue weighted by Gasteiger charge is 2.23. The Hall–Kier alpha value is -4.02. The normalized spacial score (nSPS) is 15.9. The molecule has 156 valence electrons. The fourth-order valence-electron chi connectivity index (χ4n) is 3.11. The number of anilines is 3. The van der Waals surface area contributed by atoms with Crippen LogP contribution in [0.5, 0.6) is 0 Å². The molecule has 1 saturated heterocycles. The summed E-state index contributed by atoms with van der Waals surface area (Å²) >= 11 is 0. The molecule has 1 aliphatic rings. The highest BCUT2D eigenvalue weighted by Crippen LogP contribution is 2.21. The molecule has 1 aromatic carbocycles. The van der Waals surface area contributed by atoms with Crippen molar-refractivity contribution in [2.24, 2.45) is 5.73 Å². The van der Waals surface area contributed by atoms with Crippen LogP contribution in [0.4, 0.5) is 17.5 Å². The topological polar surface area (TPSA) is 163 Å². The Balaban J connectivity index is 1.81. The number of carbonyl (C=O) groups is 3. The number of likely N-dealkylation sites (tertiary alicyclic amines) is 1. The van der Waals surface area contributed by atoms with Crippen LogP contribution in [0.1, 0.15) is 33.7 Å². The van der Waals surface area contributed by atoms with Gasteiger partial charge >= 0.3 is 5.97 Å². The van der Waals surface area contributed by atoms with Crippen LogP contribution in [0.15, 0.2) is 36.9 Å². The Morgan fingerprint density at radius 2 is 2.10 bits per heavy atom. The smallest absolute Gasteiger partial charge is 0.335 e. The Morgan fingerprint density at radius 1 is 1.30 bits per heavy atom. The number of amides is 2. The molecular formula is C19H21N7O4. The van der Waals surface area contributed by atoms with Gasteiger partial charge in [0.15, 0.2) is 11.5 Å². The standard InChI is InChI=1S/C19H21N7O4/c1-2-14(27)26-8-4-7-13(10-26)22-19-23-17(15(16(20)28)24-25-19)21-12-6-3-5-11(9-12)18(29)30/h2-3,5-6,9,13H,1,4,7-8,10H2,(H2,20,28)(H,29,30)(H2,21,22,23,25). The zero-order chi connectivity index (χ0) is 21.7. The molecular weight excluding hydrogens is 390 g/mol. The number of nitrogens with zero attached hydrogens (tertiary/aromatic N) is 4. The zero-order valence-electron chi connectivity index (χ0n) is 16.0. The van der Waals surface area contributed by atoms with Gasteiger partial charge in [-0.25, -0.2) is 4.79 Å². The van der Waals surface area contributed by atoms with E-state index in [9.17, 15) is 14.4 Å². The van der Waals surface area contributed by atoms with Gasteiger partial charge < -0.3 is 26.4 Å². The molecule has 0 spiro atoms. The number of carboxylic acids is 1. The monoisotopic (exact) mass is 411 g/mol. The average molecular weight is 411 g/mol. The summed E-state index contributed by atoms with van der Waals surface area (Å²) in [4.78, 5) is 40.7. The number of nitrogens with one attached hydrogen (secondary N) is 2. The number of primary amides is 1. The van der Waals surface area contributed by atoms with E-state index in [4.69, 9.17) is 10.8 Å². The fourth-order valence-corrected chi connectivity index (χ4v) is 3.11. The Morgan fingerprint density at radius 3 is 2.80 bits per heavy atom. The van der Waals surface area contributed by atoms with Gasteiger partial charge in [-0.15, -0.1) is 10.2 Å². The number of rotatable bonds is 7. The lowest BCUT2D eigenvalue weighted by atomic mass is 10.1. The molecule has 1 fully saturated rings. The maximum Gasteiger partial charge on any atom is 0.335 e. The first-order valence-corrected chi connectivity index (χ1v) is 9.20. The molecule has 1 aliphatic heterocycles. The number of carboxylic acid groups (broad SMARTS) is 1. The summed E-state index contributed by atoms with van der Waals surface area (Å²) in [5, 5.41) is 22.9. The van der Waals surface area contributed by atoms with E-state index in [2.05, 4.69) is 32.4 Å². The van der Waals surface area contributed by atoms with E-state index in [0.29, 0.717) is 18.8 Å². The third kappa shape index (κ3) is 4.87. The lowest BCUT2D eigenvalue weighted by Gasteiger charge is -2.32. The summed E-state index contributed by atoms with van der Waals surface area (Å²) in [7, 11) is 0. The van der Waals surface area contributed by atoms with Gasteiger partial charge in [-0.2, -0.15) is 4.98 Å². The summed E-state index contributed by atoms with van der Waals surface area (Å²) < 4.78 is 0. The van der Waals surface area contributed by atoms with Crippen molar-refractivity contribution in [2.75, 3.05) is 23.7 Å². The van der Waals surface area contributed by atoms with Crippen molar-refractivity contribution in [3.63, 3.8) is 0 Å². The number of hydrogen-bond donors (Lipinski definition) is 4. The molecule has 5 N–H and O–H groups in total. The molecule has 1 atom stereocenters. The van der Waals surface area contributed by atoms with Crippen LogP contribution in [0.3, 0.4) is 0 Å². The summed E-state index contributed by atoms with van der Waals surface area (Å²) in [5.74, 6) is -1.89. The van der Waals surface area contributed by atoms with Crippen LogP contribution in [-0.2, 0) is 4.79 Å². The minimum atomic E-state index is -1.09. The van der Waals surface area contributed by atoms with Crippen molar-refractivity contribution in [2.45, 2.75) is 18.9 Å². The van der Waals surface area contributed by atoms with Gasteiger partial charge in [-0.1, -0.05) is 12.6 Å². The van der Waals surface area contributed by atoms with E-state index in [0.717, 1.165) is 12.8 Å². The fraction of sp³-hybridized carbons (Fsp3) is 0.263. The highest BCUT2D eigenvalue weighted by atomic mass is 16.4. The highest BCUT2D eigenvalue weighted by molar-refractivity contribution is 5.96. The predicted octanol–water partition coefficient (Wildman–Crippen LogP) is 1.00. The summed E-state index contributed by atoms with van der Waals surface area (Å²) in [6, 6.07) is 5.89. The quantitative estimate of drug-likeness (QED) is 0.487. The maximum atomic E-state index is 11.9. The van der Waals surface area contributed by atoms with E-state index < -0.39 is 11.9 Å². The first-order valence-electron chi connectivity index (χ1n) is 9.20. The molecule has 1 aromatic heterocycles. The molecule has 0 saturated carbocycles. The van der Waals surface area contributed by atoms with Gasteiger partial charge in [-0.3, -0.25) is 9.59 Å². The summed E-state index contributed by atoms with van der Waals surface area (Å²) in [5.41, 5.74) is 5.63.